The molecule has 1 atom stereocenters. The monoisotopic (exact) mass is 322 g/mol. The Labute approximate surface area is 130 Å². The average Bonchev–Trinajstić information content (AvgIpc) is 2.48. The molecule has 1 fully saturated rings. The van der Waals surface area contributed by atoms with Crippen LogP contribution in [0.25, 0.3) is 0 Å². The van der Waals surface area contributed by atoms with Crippen LogP contribution in [0.1, 0.15) is 37.8 Å². The number of nitrogens with one attached hydrogen (secondary N) is 1. The minimum atomic E-state index is -1.36. The quantitative estimate of drug-likeness (QED) is 0.832. The van der Waals surface area contributed by atoms with Crippen molar-refractivity contribution in [2.45, 2.75) is 32.2 Å². The summed E-state index contributed by atoms with van der Waals surface area (Å²) in [4.78, 5) is 2.15. The van der Waals surface area contributed by atoms with E-state index in [2.05, 4.69) is 17.1 Å². The number of hydrogen-bond acceptors (Lipinski definition) is 2. The smallest absolute Gasteiger partial charge is 0.194 e. The lowest BCUT2D eigenvalue weighted by atomic mass is 9.98. The van der Waals surface area contributed by atoms with Crippen molar-refractivity contribution in [2.24, 2.45) is 0 Å². The van der Waals surface area contributed by atoms with E-state index in [4.69, 9.17) is 0 Å². The van der Waals surface area contributed by atoms with E-state index in [0.29, 0.717) is 0 Å². The van der Waals surface area contributed by atoms with Gasteiger partial charge in [0.1, 0.15) is 0 Å². The zero-order chi connectivity index (χ0) is 14.5. The summed E-state index contributed by atoms with van der Waals surface area (Å²) in [7, 11) is 0. The molecule has 0 radical (unpaired) electrons. The molecule has 1 aliphatic rings. The van der Waals surface area contributed by atoms with E-state index in [1.54, 1.807) is 0 Å². The minimum absolute atomic E-state index is 0. The molecule has 0 bridgehead atoms. The maximum absolute atomic E-state index is 14.0. The van der Waals surface area contributed by atoms with Crippen LogP contribution in [0.5, 0.6) is 0 Å². The molecule has 0 saturated carbocycles. The van der Waals surface area contributed by atoms with Crippen molar-refractivity contribution >= 4 is 12.4 Å². The molecule has 0 spiro atoms. The first-order chi connectivity index (χ1) is 9.65. The van der Waals surface area contributed by atoms with Crippen molar-refractivity contribution in [3.8, 4) is 0 Å². The Balaban J connectivity index is 0.00000220. The zero-order valence-electron chi connectivity index (χ0n) is 12.2. The Morgan fingerprint density at radius 3 is 2.43 bits per heavy atom. The van der Waals surface area contributed by atoms with Crippen LogP contribution < -0.4 is 5.32 Å². The summed E-state index contributed by atoms with van der Waals surface area (Å²) in [5, 5.41) is 3.24. The van der Waals surface area contributed by atoms with Crippen LogP contribution in [0.15, 0.2) is 12.1 Å². The van der Waals surface area contributed by atoms with Crippen LogP contribution in [0.4, 0.5) is 13.2 Å². The maximum Gasteiger partial charge on any atom is 0.194 e. The molecule has 0 aromatic heterocycles. The van der Waals surface area contributed by atoms with Crippen LogP contribution in [0.3, 0.4) is 0 Å². The van der Waals surface area contributed by atoms with Gasteiger partial charge in [0, 0.05) is 37.8 Å². The molecule has 1 heterocycles. The Hall–Kier alpha value is -0.780. The van der Waals surface area contributed by atoms with Crippen LogP contribution in [-0.2, 0) is 0 Å². The van der Waals surface area contributed by atoms with Gasteiger partial charge in [0.2, 0.25) is 0 Å². The van der Waals surface area contributed by atoms with E-state index < -0.39 is 17.5 Å². The Bertz CT molecular complexity index is 451. The maximum atomic E-state index is 14.0. The molecular formula is C15H22ClF3N2. The molecule has 21 heavy (non-hydrogen) atoms. The largest absolute Gasteiger partial charge is 0.314 e. The van der Waals surface area contributed by atoms with Crippen LogP contribution >= 0.6 is 12.4 Å². The highest BCUT2D eigenvalue weighted by atomic mass is 35.5. The van der Waals surface area contributed by atoms with Gasteiger partial charge in [0.25, 0.3) is 0 Å². The topological polar surface area (TPSA) is 15.3 Å². The van der Waals surface area contributed by atoms with E-state index in [1.165, 1.54) is 6.07 Å². The van der Waals surface area contributed by atoms with E-state index in [-0.39, 0.29) is 24.0 Å². The highest BCUT2D eigenvalue weighted by molar-refractivity contribution is 5.85. The molecule has 6 heteroatoms. The van der Waals surface area contributed by atoms with Crippen LogP contribution in [0, 0.1) is 17.5 Å². The summed E-state index contributed by atoms with van der Waals surface area (Å²) in [6.45, 7) is 5.35. The fraction of sp³-hybridized carbons (Fsp3) is 0.600. The lowest BCUT2D eigenvalue weighted by molar-refractivity contribution is 0.159. The van der Waals surface area contributed by atoms with Gasteiger partial charge in [-0.1, -0.05) is 25.8 Å². The van der Waals surface area contributed by atoms with E-state index in [0.717, 1.165) is 51.5 Å². The second kappa shape index (κ2) is 8.61. The highest BCUT2D eigenvalue weighted by Gasteiger charge is 2.26. The molecule has 1 saturated heterocycles. The predicted molar refractivity (Wildman–Crippen MR) is 80.3 cm³/mol. The Morgan fingerprint density at radius 2 is 1.81 bits per heavy atom. The first-order valence-electron chi connectivity index (χ1n) is 7.23. The van der Waals surface area contributed by atoms with Gasteiger partial charge in [-0.15, -0.1) is 12.4 Å². The van der Waals surface area contributed by atoms with E-state index in [9.17, 15) is 13.2 Å². The molecule has 120 valence electrons. The molecule has 0 amide bonds. The van der Waals surface area contributed by atoms with Gasteiger partial charge in [-0.25, -0.2) is 13.2 Å². The molecule has 0 aliphatic carbocycles. The standard InChI is InChI=1S/C15H21F3N2.ClH/c1-2-3-4-13(20-9-7-19-8-10-20)11-5-6-12(16)15(18)14(11)17;/h5-6,13,19H,2-4,7-10H2,1H3;1H/t13-;/m0./s1. The summed E-state index contributed by atoms with van der Waals surface area (Å²) in [6.07, 6.45) is 2.69. The Kier molecular flexibility index (Phi) is 7.49. The lowest BCUT2D eigenvalue weighted by Gasteiger charge is -2.35. The second-order valence-corrected chi connectivity index (χ2v) is 5.21. The number of benzene rings is 1. The SMILES string of the molecule is CCCC[C@@H](c1ccc(F)c(F)c1F)N1CCNCC1.Cl. The van der Waals surface area contributed by atoms with Gasteiger partial charge in [-0.3, -0.25) is 4.90 Å². The summed E-state index contributed by atoms with van der Waals surface area (Å²) >= 11 is 0. The number of rotatable bonds is 5. The third-order valence-electron chi connectivity index (χ3n) is 3.85. The molecular weight excluding hydrogens is 301 g/mol. The highest BCUT2D eigenvalue weighted by Crippen LogP contribution is 2.30. The third kappa shape index (κ3) is 4.34. The van der Waals surface area contributed by atoms with Crippen molar-refractivity contribution in [3.05, 3.63) is 35.1 Å². The number of halogens is 4. The molecule has 1 N–H and O–H groups in total. The number of nitrogens with zero attached hydrogens (tertiary/aromatic N) is 1. The molecule has 1 aromatic carbocycles. The minimum Gasteiger partial charge on any atom is -0.314 e. The van der Waals surface area contributed by atoms with Crippen molar-refractivity contribution in [1.82, 2.24) is 10.2 Å². The van der Waals surface area contributed by atoms with Crippen molar-refractivity contribution < 1.29 is 13.2 Å². The summed E-state index contributed by atoms with van der Waals surface area (Å²) in [5.74, 6) is -3.52. The summed E-state index contributed by atoms with van der Waals surface area (Å²) in [5.41, 5.74) is 0.277. The molecule has 0 unspecified atom stereocenters. The second-order valence-electron chi connectivity index (χ2n) is 5.21. The number of hydrogen-bond donors (Lipinski definition) is 1. The lowest BCUT2D eigenvalue weighted by Crippen LogP contribution is -2.45. The van der Waals surface area contributed by atoms with E-state index >= 15 is 0 Å². The first kappa shape index (κ1) is 18.3. The molecule has 1 aliphatic heterocycles. The predicted octanol–water partition coefficient (Wildman–Crippen LogP) is 3.66. The van der Waals surface area contributed by atoms with Gasteiger partial charge in [-0.05, 0) is 12.5 Å². The van der Waals surface area contributed by atoms with Crippen molar-refractivity contribution in [3.63, 3.8) is 0 Å². The van der Waals surface area contributed by atoms with Gasteiger partial charge < -0.3 is 5.32 Å². The summed E-state index contributed by atoms with van der Waals surface area (Å²) in [6, 6.07) is 2.23. The summed E-state index contributed by atoms with van der Waals surface area (Å²) < 4.78 is 40.6. The van der Waals surface area contributed by atoms with Gasteiger partial charge in [0.05, 0.1) is 0 Å². The average molecular weight is 323 g/mol. The first-order valence-corrected chi connectivity index (χ1v) is 7.23. The number of piperazine rings is 1. The van der Waals surface area contributed by atoms with Crippen LogP contribution in [0.2, 0.25) is 0 Å². The molecule has 1 aromatic rings. The van der Waals surface area contributed by atoms with Gasteiger partial charge in [0.15, 0.2) is 17.5 Å². The molecule has 2 rings (SSSR count). The van der Waals surface area contributed by atoms with Gasteiger partial charge in [-0.2, -0.15) is 0 Å². The van der Waals surface area contributed by atoms with Gasteiger partial charge >= 0.3 is 0 Å². The van der Waals surface area contributed by atoms with E-state index in [1.807, 2.05) is 0 Å². The van der Waals surface area contributed by atoms with Crippen molar-refractivity contribution in [1.29, 1.82) is 0 Å². The van der Waals surface area contributed by atoms with Crippen molar-refractivity contribution in [2.75, 3.05) is 26.2 Å². The fourth-order valence-electron chi connectivity index (χ4n) is 2.72. The normalized spacial score (nSPS) is 17.3. The zero-order valence-corrected chi connectivity index (χ0v) is 13.0. The number of unbranched alkanes of at least 4 members (excludes halogenated alkanes) is 1. The molecule has 2 nitrogen and oxygen atoms in total. The Morgan fingerprint density at radius 1 is 1.14 bits per heavy atom. The fourth-order valence-corrected chi connectivity index (χ4v) is 2.72. The third-order valence-corrected chi connectivity index (χ3v) is 3.85. The van der Waals surface area contributed by atoms with Crippen LogP contribution in [-0.4, -0.2) is 31.1 Å².